The van der Waals surface area contributed by atoms with Gasteiger partial charge in [0.15, 0.2) is 5.78 Å². The normalized spacial score (nSPS) is 34.1. The highest BCUT2D eigenvalue weighted by molar-refractivity contribution is 6.51. The van der Waals surface area contributed by atoms with Crippen LogP contribution in [-0.4, -0.2) is 22.6 Å². The molecular weight excluding hydrogens is 280 g/mol. The summed E-state index contributed by atoms with van der Waals surface area (Å²) in [5, 5.41) is 15.4. The lowest BCUT2D eigenvalue weighted by molar-refractivity contribution is -0.140. The van der Waals surface area contributed by atoms with E-state index < -0.39 is 16.2 Å². The lowest BCUT2D eigenvalue weighted by Gasteiger charge is -2.37. The highest BCUT2D eigenvalue weighted by Gasteiger charge is 2.76. The Morgan fingerprint density at radius 3 is 2.36 bits per heavy atom. The zero-order valence-electron chi connectivity index (χ0n) is 13.0. The number of hydrogen-bond acceptors (Lipinski definition) is 4. The van der Waals surface area contributed by atoms with Gasteiger partial charge in [0.05, 0.1) is 0 Å². The van der Waals surface area contributed by atoms with Crippen LogP contribution in [0.4, 0.5) is 5.69 Å². The SMILES string of the molecule is CC12CCC(C(=O)Nc3ccccc3)(C(=O)/C1=N\O)C2(C)C. The zero-order chi connectivity index (χ0) is 16.2. The maximum atomic E-state index is 13.0. The molecule has 2 atom stereocenters. The standard InChI is InChI=1S/C17H20N2O3/c1-15(2)16(3)9-10-17(15,13(20)12(16)19-22)14(21)18-11-7-5-4-6-8-11/h4-8,22H,9-10H2,1-3H3,(H,18,21)/b19-12+. The van der Waals surface area contributed by atoms with Crippen molar-refractivity contribution in [2.24, 2.45) is 21.4 Å². The highest BCUT2D eigenvalue weighted by Crippen LogP contribution is 2.69. The number of ketones is 1. The predicted octanol–water partition coefficient (Wildman–Crippen LogP) is 2.85. The maximum Gasteiger partial charge on any atom is 0.239 e. The quantitative estimate of drug-likeness (QED) is 0.501. The molecule has 0 spiro atoms. The molecule has 0 radical (unpaired) electrons. The van der Waals surface area contributed by atoms with Gasteiger partial charge in [-0.15, -0.1) is 0 Å². The van der Waals surface area contributed by atoms with Crippen molar-refractivity contribution in [3.05, 3.63) is 30.3 Å². The van der Waals surface area contributed by atoms with E-state index in [1.165, 1.54) is 0 Å². The molecule has 2 aliphatic rings. The van der Waals surface area contributed by atoms with Gasteiger partial charge in [-0.05, 0) is 30.4 Å². The van der Waals surface area contributed by atoms with E-state index in [4.69, 9.17) is 0 Å². The Kier molecular flexibility index (Phi) is 2.96. The molecule has 5 nitrogen and oxygen atoms in total. The van der Waals surface area contributed by atoms with Crippen molar-refractivity contribution in [2.75, 3.05) is 5.32 Å². The Morgan fingerprint density at radius 1 is 1.18 bits per heavy atom. The average molecular weight is 300 g/mol. The number of carbonyl (C=O) groups is 2. The van der Waals surface area contributed by atoms with Crippen molar-refractivity contribution >= 4 is 23.1 Å². The van der Waals surface area contributed by atoms with Gasteiger partial charge >= 0.3 is 0 Å². The lowest BCUT2D eigenvalue weighted by Crippen LogP contribution is -2.47. The van der Waals surface area contributed by atoms with E-state index in [0.29, 0.717) is 18.5 Å². The molecule has 0 saturated heterocycles. The Bertz CT molecular complexity index is 680. The van der Waals surface area contributed by atoms with Crippen LogP contribution in [0, 0.1) is 16.2 Å². The number of Topliss-reactive ketones (excluding diaryl/α,β-unsaturated/α-hetero) is 1. The minimum atomic E-state index is -1.17. The van der Waals surface area contributed by atoms with Crippen molar-refractivity contribution in [1.29, 1.82) is 0 Å². The summed E-state index contributed by atoms with van der Waals surface area (Å²) in [5.74, 6) is -0.654. The monoisotopic (exact) mass is 300 g/mol. The number of nitrogens with zero attached hydrogens (tertiary/aromatic N) is 1. The highest BCUT2D eigenvalue weighted by atomic mass is 16.4. The summed E-state index contributed by atoms with van der Waals surface area (Å²) in [7, 11) is 0. The Morgan fingerprint density at radius 2 is 1.82 bits per heavy atom. The molecule has 2 bridgehead atoms. The van der Waals surface area contributed by atoms with Gasteiger partial charge < -0.3 is 10.5 Å². The first-order chi connectivity index (χ1) is 10.3. The van der Waals surface area contributed by atoms with E-state index in [-0.39, 0.29) is 17.4 Å². The second-order valence-electron chi connectivity index (χ2n) is 6.96. The molecule has 2 N–H and O–H groups in total. The molecule has 1 aromatic carbocycles. The van der Waals surface area contributed by atoms with Gasteiger partial charge in [-0.3, -0.25) is 9.59 Å². The fraction of sp³-hybridized carbons (Fsp3) is 0.471. The van der Waals surface area contributed by atoms with Crippen LogP contribution < -0.4 is 5.32 Å². The first-order valence-electron chi connectivity index (χ1n) is 7.45. The van der Waals surface area contributed by atoms with Crippen molar-refractivity contribution in [3.63, 3.8) is 0 Å². The van der Waals surface area contributed by atoms with Crippen LogP contribution in [0.2, 0.25) is 0 Å². The fourth-order valence-electron chi connectivity index (χ4n) is 4.21. The number of hydrogen-bond donors (Lipinski definition) is 2. The number of fused-ring (bicyclic) bond motifs is 2. The molecule has 2 saturated carbocycles. The van der Waals surface area contributed by atoms with Gasteiger partial charge in [0, 0.05) is 11.1 Å². The van der Waals surface area contributed by atoms with Crippen LogP contribution in [-0.2, 0) is 9.59 Å². The smallest absolute Gasteiger partial charge is 0.239 e. The predicted molar refractivity (Wildman–Crippen MR) is 82.9 cm³/mol. The number of para-hydroxylation sites is 1. The number of nitrogens with one attached hydrogen (secondary N) is 1. The Hall–Kier alpha value is -2.17. The van der Waals surface area contributed by atoms with E-state index in [2.05, 4.69) is 10.5 Å². The molecule has 1 amide bonds. The van der Waals surface area contributed by atoms with E-state index in [0.717, 1.165) is 0 Å². The molecule has 2 aliphatic carbocycles. The van der Waals surface area contributed by atoms with Crippen LogP contribution >= 0.6 is 0 Å². The summed E-state index contributed by atoms with van der Waals surface area (Å²) in [5.41, 5.74) is -1.55. The minimum absolute atomic E-state index is 0.131. The van der Waals surface area contributed by atoms with E-state index >= 15 is 0 Å². The molecule has 5 heteroatoms. The van der Waals surface area contributed by atoms with Crippen molar-refractivity contribution in [1.82, 2.24) is 0 Å². The van der Waals surface area contributed by atoms with E-state index in [1.54, 1.807) is 12.1 Å². The summed E-state index contributed by atoms with van der Waals surface area (Å²) in [6.07, 6.45) is 1.14. The second kappa shape index (κ2) is 4.41. The number of carbonyl (C=O) groups excluding carboxylic acids is 2. The topological polar surface area (TPSA) is 78.8 Å². The third-order valence-electron chi connectivity index (χ3n) is 6.09. The molecule has 0 aromatic heterocycles. The summed E-state index contributed by atoms with van der Waals surface area (Å²) >= 11 is 0. The van der Waals surface area contributed by atoms with Crippen LogP contribution in [0.5, 0.6) is 0 Å². The van der Waals surface area contributed by atoms with Crippen LogP contribution in [0.15, 0.2) is 35.5 Å². The minimum Gasteiger partial charge on any atom is -0.411 e. The molecule has 2 unspecified atom stereocenters. The molecule has 116 valence electrons. The zero-order valence-corrected chi connectivity index (χ0v) is 13.0. The van der Waals surface area contributed by atoms with Gasteiger partial charge in [-0.1, -0.05) is 44.1 Å². The number of oxime groups is 1. The molecular formula is C17H20N2O3. The molecule has 0 aliphatic heterocycles. The van der Waals surface area contributed by atoms with E-state index in [1.807, 2.05) is 39.0 Å². The first-order valence-corrected chi connectivity index (χ1v) is 7.45. The van der Waals surface area contributed by atoms with Gasteiger partial charge in [0.1, 0.15) is 11.1 Å². The molecule has 3 rings (SSSR count). The first kappa shape index (κ1) is 14.8. The Balaban J connectivity index is 2.05. The van der Waals surface area contributed by atoms with Crippen molar-refractivity contribution in [2.45, 2.75) is 33.6 Å². The summed E-state index contributed by atoms with van der Waals surface area (Å²) < 4.78 is 0. The third kappa shape index (κ3) is 1.46. The van der Waals surface area contributed by atoms with Gasteiger partial charge in [-0.2, -0.15) is 0 Å². The molecule has 22 heavy (non-hydrogen) atoms. The third-order valence-corrected chi connectivity index (χ3v) is 6.09. The van der Waals surface area contributed by atoms with Gasteiger partial charge in [0.25, 0.3) is 0 Å². The summed E-state index contributed by atoms with van der Waals surface area (Å²) in [6.45, 7) is 5.74. The number of rotatable bonds is 2. The van der Waals surface area contributed by atoms with Crippen molar-refractivity contribution < 1.29 is 14.8 Å². The molecule has 2 fully saturated rings. The lowest BCUT2D eigenvalue weighted by atomic mass is 9.64. The number of benzene rings is 1. The summed E-state index contributed by atoms with van der Waals surface area (Å²) in [6, 6.07) is 9.09. The number of anilines is 1. The van der Waals surface area contributed by atoms with Gasteiger partial charge in [0.2, 0.25) is 5.91 Å². The summed E-state index contributed by atoms with van der Waals surface area (Å²) in [4.78, 5) is 25.8. The van der Waals surface area contributed by atoms with Gasteiger partial charge in [-0.25, -0.2) is 0 Å². The number of amides is 1. The Labute approximate surface area is 129 Å². The fourth-order valence-corrected chi connectivity index (χ4v) is 4.21. The van der Waals surface area contributed by atoms with Crippen LogP contribution in [0.25, 0.3) is 0 Å². The molecule has 1 aromatic rings. The van der Waals surface area contributed by atoms with Crippen LogP contribution in [0.1, 0.15) is 33.6 Å². The second-order valence-corrected chi connectivity index (χ2v) is 6.96. The largest absolute Gasteiger partial charge is 0.411 e. The van der Waals surface area contributed by atoms with E-state index in [9.17, 15) is 14.8 Å². The average Bonchev–Trinajstić information content (AvgIpc) is 2.76. The molecule has 0 heterocycles. The van der Waals surface area contributed by atoms with Crippen LogP contribution in [0.3, 0.4) is 0 Å². The van der Waals surface area contributed by atoms with Crippen molar-refractivity contribution in [3.8, 4) is 0 Å². The maximum absolute atomic E-state index is 13.0.